The molecule has 1 aromatic heterocycles. The number of benzene rings is 1. The molecule has 0 unspecified atom stereocenters. The summed E-state index contributed by atoms with van der Waals surface area (Å²) in [6, 6.07) is 5.60. The molecule has 0 saturated carbocycles. The Bertz CT molecular complexity index is 580. The fourth-order valence-electron chi connectivity index (χ4n) is 2.27. The van der Waals surface area contributed by atoms with Crippen LogP contribution >= 0.6 is 0 Å². The van der Waals surface area contributed by atoms with Crippen molar-refractivity contribution in [2.75, 3.05) is 0 Å². The number of aromatic carboxylic acids is 1. The second-order valence-corrected chi connectivity index (χ2v) is 4.55. The normalized spacial score (nSPS) is 10.6. The van der Waals surface area contributed by atoms with Gasteiger partial charge in [0.25, 0.3) is 0 Å². The Hall–Kier alpha value is -2.03. The van der Waals surface area contributed by atoms with Gasteiger partial charge in [0.2, 0.25) is 0 Å². The van der Waals surface area contributed by atoms with E-state index in [-0.39, 0.29) is 0 Å². The largest absolute Gasteiger partial charge is 0.478 e. The Labute approximate surface area is 106 Å². The minimum Gasteiger partial charge on any atom is -0.478 e. The maximum Gasteiger partial charge on any atom is 0.336 e. The van der Waals surface area contributed by atoms with Crippen molar-refractivity contribution in [1.29, 1.82) is 0 Å². The van der Waals surface area contributed by atoms with Crippen LogP contribution in [-0.4, -0.2) is 11.1 Å². The monoisotopic (exact) mass is 244 g/mol. The Kier molecular flexibility index (Phi) is 3.24. The first-order chi connectivity index (χ1) is 8.50. The van der Waals surface area contributed by atoms with Gasteiger partial charge in [-0.25, -0.2) is 4.79 Å². The van der Waals surface area contributed by atoms with Crippen molar-refractivity contribution < 1.29 is 14.3 Å². The van der Waals surface area contributed by atoms with Crippen molar-refractivity contribution in [1.82, 2.24) is 0 Å². The SMILES string of the molecule is Cc1cc(C)c(C(=O)O)c(Cc2ccco2)c1C. The zero-order valence-corrected chi connectivity index (χ0v) is 10.8. The van der Waals surface area contributed by atoms with Crippen LogP contribution in [0.5, 0.6) is 0 Å². The number of aryl methyl sites for hydroxylation is 2. The highest BCUT2D eigenvalue weighted by molar-refractivity contribution is 5.92. The molecule has 0 fully saturated rings. The number of carboxylic acids is 1. The molecule has 0 bridgehead atoms. The van der Waals surface area contributed by atoms with Crippen molar-refractivity contribution in [3.05, 3.63) is 58.0 Å². The molecule has 0 spiro atoms. The Morgan fingerprint density at radius 1 is 1.28 bits per heavy atom. The lowest BCUT2D eigenvalue weighted by Gasteiger charge is -2.14. The third kappa shape index (κ3) is 2.16. The number of hydrogen-bond acceptors (Lipinski definition) is 2. The van der Waals surface area contributed by atoms with E-state index in [1.165, 1.54) is 0 Å². The lowest BCUT2D eigenvalue weighted by atomic mass is 9.91. The molecule has 1 N–H and O–H groups in total. The number of carboxylic acid groups (broad SMARTS) is 1. The maximum atomic E-state index is 11.4. The highest BCUT2D eigenvalue weighted by Crippen LogP contribution is 2.25. The molecule has 0 aliphatic carbocycles. The molecule has 2 aromatic rings. The van der Waals surface area contributed by atoms with E-state index in [4.69, 9.17) is 4.42 Å². The van der Waals surface area contributed by atoms with Gasteiger partial charge >= 0.3 is 5.97 Å². The zero-order chi connectivity index (χ0) is 13.3. The fourth-order valence-corrected chi connectivity index (χ4v) is 2.27. The van der Waals surface area contributed by atoms with Crippen LogP contribution in [0, 0.1) is 20.8 Å². The van der Waals surface area contributed by atoms with Gasteiger partial charge in [0, 0.05) is 6.42 Å². The van der Waals surface area contributed by atoms with Crippen LogP contribution in [0.3, 0.4) is 0 Å². The van der Waals surface area contributed by atoms with E-state index in [0.717, 1.165) is 28.0 Å². The van der Waals surface area contributed by atoms with E-state index in [1.807, 2.05) is 39.0 Å². The first kappa shape index (κ1) is 12.4. The molecule has 3 heteroatoms. The fraction of sp³-hybridized carbons (Fsp3) is 0.267. The van der Waals surface area contributed by atoms with Crippen LogP contribution in [0.2, 0.25) is 0 Å². The van der Waals surface area contributed by atoms with Crippen molar-refractivity contribution in [3.8, 4) is 0 Å². The van der Waals surface area contributed by atoms with E-state index >= 15 is 0 Å². The average molecular weight is 244 g/mol. The molecule has 18 heavy (non-hydrogen) atoms. The van der Waals surface area contributed by atoms with Gasteiger partial charge in [0.15, 0.2) is 0 Å². The maximum absolute atomic E-state index is 11.4. The first-order valence-electron chi connectivity index (χ1n) is 5.86. The third-order valence-electron chi connectivity index (χ3n) is 3.32. The Morgan fingerprint density at radius 2 is 2.00 bits per heavy atom. The lowest BCUT2D eigenvalue weighted by molar-refractivity contribution is 0.0695. The number of rotatable bonds is 3. The van der Waals surface area contributed by atoms with Gasteiger partial charge in [0.1, 0.15) is 5.76 Å². The van der Waals surface area contributed by atoms with Gasteiger partial charge in [-0.05, 0) is 55.2 Å². The van der Waals surface area contributed by atoms with Crippen LogP contribution in [-0.2, 0) is 6.42 Å². The molecule has 0 amide bonds. The summed E-state index contributed by atoms with van der Waals surface area (Å²) in [5.41, 5.74) is 4.17. The van der Waals surface area contributed by atoms with Crippen LogP contribution in [0.1, 0.15) is 38.4 Å². The summed E-state index contributed by atoms with van der Waals surface area (Å²) < 4.78 is 5.31. The highest BCUT2D eigenvalue weighted by Gasteiger charge is 2.18. The number of furan rings is 1. The molecule has 1 heterocycles. The van der Waals surface area contributed by atoms with Crippen molar-refractivity contribution >= 4 is 5.97 Å². The molecular weight excluding hydrogens is 228 g/mol. The van der Waals surface area contributed by atoms with Crippen LogP contribution < -0.4 is 0 Å². The molecule has 2 rings (SSSR count). The Morgan fingerprint density at radius 3 is 2.56 bits per heavy atom. The van der Waals surface area contributed by atoms with E-state index in [9.17, 15) is 9.90 Å². The van der Waals surface area contributed by atoms with E-state index < -0.39 is 5.97 Å². The summed E-state index contributed by atoms with van der Waals surface area (Å²) in [4.78, 5) is 11.4. The molecule has 0 aliphatic rings. The van der Waals surface area contributed by atoms with Crippen molar-refractivity contribution in [2.45, 2.75) is 27.2 Å². The van der Waals surface area contributed by atoms with Crippen molar-refractivity contribution in [2.24, 2.45) is 0 Å². The summed E-state index contributed by atoms with van der Waals surface area (Å²) in [7, 11) is 0. The highest BCUT2D eigenvalue weighted by atomic mass is 16.4. The van der Waals surface area contributed by atoms with E-state index in [0.29, 0.717) is 12.0 Å². The molecule has 1 aromatic carbocycles. The van der Waals surface area contributed by atoms with Gasteiger partial charge in [0.05, 0.1) is 11.8 Å². The molecule has 0 radical (unpaired) electrons. The average Bonchev–Trinajstić information content (AvgIpc) is 2.77. The first-order valence-corrected chi connectivity index (χ1v) is 5.86. The third-order valence-corrected chi connectivity index (χ3v) is 3.32. The second-order valence-electron chi connectivity index (χ2n) is 4.55. The number of hydrogen-bond donors (Lipinski definition) is 1. The summed E-state index contributed by atoms with van der Waals surface area (Å²) in [6.07, 6.45) is 2.12. The molecule has 94 valence electrons. The zero-order valence-electron chi connectivity index (χ0n) is 10.8. The van der Waals surface area contributed by atoms with Gasteiger partial charge in [-0.15, -0.1) is 0 Å². The van der Waals surface area contributed by atoms with Crippen molar-refractivity contribution in [3.63, 3.8) is 0 Å². The summed E-state index contributed by atoms with van der Waals surface area (Å²) in [5.74, 6) is -0.0947. The Balaban J connectivity index is 2.59. The van der Waals surface area contributed by atoms with E-state index in [1.54, 1.807) is 6.26 Å². The predicted molar refractivity (Wildman–Crippen MR) is 69.1 cm³/mol. The smallest absolute Gasteiger partial charge is 0.336 e. The lowest BCUT2D eigenvalue weighted by Crippen LogP contribution is -2.09. The standard InChI is InChI=1S/C15H16O3/c1-9-7-10(2)14(15(16)17)13(11(9)3)8-12-5-4-6-18-12/h4-7H,8H2,1-3H3,(H,16,17). The van der Waals surface area contributed by atoms with Crippen LogP contribution in [0.15, 0.2) is 28.9 Å². The van der Waals surface area contributed by atoms with Gasteiger partial charge in [-0.3, -0.25) is 0 Å². The van der Waals surface area contributed by atoms with Crippen LogP contribution in [0.25, 0.3) is 0 Å². The van der Waals surface area contributed by atoms with Gasteiger partial charge in [-0.2, -0.15) is 0 Å². The quantitative estimate of drug-likeness (QED) is 0.899. The van der Waals surface area contributed by atoms with Crippen LogP contribution in [0.4, 0.5) is 0 Å². The molecular formula is C15H16O3. The molecule has 3 nitrogen and oxygen atoms in total. The topological polar surface area (TPSA) is 50.4 Å². The molecule has 0 aliphatic heterocycles. The minimum absolute atomic E-state index is 0.398. The summed E-state index contributed by atoms with van der Waals surface area (Å²) in [5, 5.41) is 9.36. The second kappa shape index (κ2) is 4.69. The van der Waals surface area contributed by atoms with Gasteiger partial charge < -0.3 is 9.52 Å². The molecule has 0 saturated heterocycles. The van der Waals surface area contributed by atoms with E-state index in [2.05, 4.69) is 0 Å². The molecule has 0 atom stereocenters. The predicted octanol–water partition coefficient (Wildman–Crippen LogP) is 3.49. The summed E-state index contributed by atoms with van der Waals surface area (Å²) in [6.45, 7) is 5.79. The minimum atomic E-state index is -0.878. The number of carbonyl (C=O) groups is 1. The summed E-state index contributed by atoms with van der Waals surface area (Å²) >= 11 is 0. The van der Waals surface area contributed by atoms with Gasteiger partial charge in [-0.1, -0.05) is 6.07 Å².